The fraction of sp³-hybridized carbons (Fsp3) is 0.312. The van der Waals surface area contributed by atoms with Crippen molar-refractivity contribution in [2.75, 3.05) is 13.6 Å². The van der Waals surface area contributed by atoms with Crippen molar-refractivity contribution in [1.29, 1.82) is 0 Å². The van der Waals surface area contributed by atoms with Crippen LogP contribution in [-0.2, 0) is 17.9 Å². The first-order chi connectivity index (χ1) is 10.0. The average Bonchev–Trinajstić information content (AvgIpc) is 2.83. The maximum atomic E-state index is 12.0. The Labute approximate surface area is 134 Å². The second kappa shape index (κ2) is 7.59. The Hall–Kier alpha value is -1.36. The number of rotatable bonds is 6. The molecule has 2 rings (SSSR count). The molecule has 0 saturated carbocycles. The van der Waals surface area contributed by atoms with E-state index >= 15 is 0 Å². The molecule has 112 valence electrons. The number of hydrogen-bond donors (Lipinski definition) is 1. The summed E-state index contributed by atoms with van der Waals surface area (Å²) in [6.45, 7) is 3.73. The van der Waals surface area contributed by atoms with Gasteiger partial charge in [0.15, 0.2) is 0 Å². The quantitative estimate of drug-likeness (QED) is 0.883. The van der Waals surface area contributed by atoms with Crippen LogP contribution in [-0.4, -0.2) is 24.4 Å². The van der Waals surface area contributed by atoms with Crippen LogP contribution < -0.4 is 5.32 Å². The van der Waals surface area contributed by atoms with Crippen molar-refractivity contribution in [3.63, 3.8) is 0 Å². The van der Waals surface area contributed by atoms with Crippen LogP contribution in [0.4, 0.5) is 0 Å². The number of nitrogens with one attached hydrogen (secondary N) is 1. The van der Waals surface area contributed by atoms with Gasteiger partial charge in [-0.25, -0.2) is 0 Å². The van der Waals surface area contributed by atoms with Crippen molar-refractivity contribution < 1.29 is 4.79 Å². The van der Waals surface area contributed by atoms with E-state index in [0.717, 1.165) is 21.3 Å². The molecule has 1 heterocycles. The Morgan fingerprint density at radius 2 is 2.05 bits per heavy atom. The molecule has 21 heavy (non-hydrogen) atoms. The lowest BCUT2D eigenvalue weighted by Gasteiger charge is -2.15. The smallest absolute Gasteiger partial charge is 0.234 e. The molecule has 2 aromatic rings. The summed E-state index contributed by atoms with van der Waals surface area (Å²) < 4.78 is 0.780. The minimum atomic E-state index is 0.0309. The Balaban J connectivity index is 1.77. The third-order valence-corrected chi connectivity index (χ3v) is 4.42. The molecule has 0 saturated heterocycles. The molecule has 0 aliphatic carbocycles. The summed E-state index contributed by atoms with van der Waals surface area (Å²) in [7, 11) is 1.93. The molecule has 5 heteroatoms. The van der Waals surface area contributed by atoms with Crippen LogP contribution >= 0.6 is 22.9 Å². The zero-order valence-corrected chi connectivity index (χ0v) is 13.8. The molecule has 3 nitrogen and oxygen atoms in total. The Bertz CT molecular complexity index is 612. The lowest BCUT2D eigenvalue weighted by molar-refractivity contribution is -0.122. The molecular weight excluding hydrogens is 304 g/mol. The highest BCUT2D eigenvalue weighted by atomic mass is 35.5. The van der Waals surface area contributed by atoms with E-state index in [4.69, 9.17) is 11.6 Å². The zero-order chi connectivity index (χ0) is 15.2. The van der Waals surface area contributed by atoms with E-state index in [-0.39, 0.29) is 5.91 Å². The number of carbonyl (C=O) groups is 1. The summed E-state index contributed by atoms with van der Waals surface area (Å²) in [6, 6.07) is 11.9. The Morgan fingerprint density at radius 1 is 1.29 bits per heavy atom. The standard InChI is InChI=1S/C16H19ClN2OS/c1-12-5-3-4-6-13(12)9-18-16(20)11-19(2)10-14-7-8-15(17)21-14/h3-8H,9-11H2,1-2H3,(H,18,20). The molecule has 0 spiro atoms. The summed E-state index contributed by atoms with van der Waals surface area (Å²) in [5, 5.41) is 2.96. The number of aryl methyl sites for hydroxylation is 1. The molecule has 0 atom stereocenters. The highest BCUT2D eigenvalue weighted by Gasteiger charge is 2.08. The average molecular weight is 323 g/mol. The van der Waals surface area contributed by atoms with Crippen molar-refractivity contribution in [3.8, 4) is 0 Å². The van der Waals surface area contributed by atoms with E-state index < -0.39 is 0 Å². The summed E-state index contributed by atoms with van der Waals surface area (Å²) in [6.07, 6.45) is 0. The van der Waals surface area contributed by atoms with Gasteiger partial charge in [-0.3, -0.25) is 9.69 Å². The molecule has 0 aliphatic heterocycles. The second-order valence-electron chi connectivity index (χ2n) is 5.08. The number of benzene rings is 1. The predicted octanol–water partition coefficient (Wildman–Crippen LogP) is 3.46. The van der Waals surface area contributed by atoms with Gasteiger partial charge in [0, 0.05) is 18.0 Å². The number of halogens is 1. The maximum absolute atomic E-state index is 12.0. The molecule has 0 bridgehead atoms. The molecule has 1 aromatic heterocycles. The summed E-state index contributed by atoms with van der Waals surface area (Å²) in [5.74, 6) is 0.0309. The van der Waals surface area contributed by atoms with Crippen molar-refractivity contribution >= 4 is 28.8 Å². The lowest BCUT2D eigenvalue weighted by atomic mass is 10.1. The second-order valence-corrected chi connectivity index (χ2v) is 6.88. The molecule has 1 amide bonds. The van der Waals surface area contributed by atoms with Gasteiger partial charge in [0.25, 0.3) is 0 Å². The zero-order valence-electron chi connectivity index (χ0n) is 12.2. The monoisotopic (exact) mass is 322 g/mol. The molecule has 0 radical (unpaired) electrons. The van der Waals surface area contributed by atoms with Crippen LogP contribution in [0.3, 0.4) is 0 Å². The van der Waals surface area contributed by atoms with Gasteiger partial charge in [0.2, 0.25) is 5.91 Å². The van der Waals surface area contributed by atoms with Crippen LogP contribution in [0.15, 0.2) is 36.4 Å². The van der Waals surface area contributed by atoms with E-state index in [1.54, 1.807) is 11.3 Å². The minimum Gasteiger partial charge on any atom is -0.351 e. The van der Waals surface area contributed by atoms with Gasteiger partial charge in [-0.15, -0.1) is 11.3 Å². The number of thiophene rings is 1. The topological polar surface area (TPSA) is 32.3 Å². The number of carbonyl (C=O) groups excluding carboxylic acids is 1. The molecular formula is C16H19ClN2OS. The van der Waals surface area contributed by atoms with E-state index in [0.29, 0.717) is 13.1 Å². The number of hydrogen-bond acceptors (Lipinski definition) is 3. The van der Waals surface area contributed by atoms with Gasteiger partial charge < -0.3 is 5.32 Å². The fourth-order valence-corrected chi connectivity index (χ4v) is 3.23. The lowest BCUT2D eigenvalue weighted by Crippen LogP contribution is -2.34. The van der Waals surface area contributed by atoms with Crippen LogP contribution in [0, 0.1) is 6.92 Å². The van der Waals surface area contributed by atoms with E-state index in [2.05, 4.69) is 5.32 Å². The predicted molar refractivity (Wildman–Crippen MR) is 88.7 cm³/mol. The molecule has 0 unspecified atom stereocenters. The first-order valence-corrected chi connectivity index (χ1v) is 7.98. The number of nitrogens with zero attached hydrogens (tertiary/aromatic N) is 1. The van der Waals surface area contributed by atoms with Crippen LogP contribution in [0.1, 0.15) is 16.0 Å². The van der Waals surface area contributed by atoms with Gasteiger partial charge in [0.1, 0.15) is 0 Å². The SMILES string of the molecule is Cc1ccccc1CNC(=O)CN(C)Cc1ccc(Cl)s1. The van der Waals surface area contributed by atoms with Gasteiger partial charge in [-0.05, 0) is 37.2 Å². The van der Waals surface area contributed by atoms with Crippen LogP contribution in [0.2, 0.25) is 4.34 Å². The number of likely N-dealkylation sites (N-methyl/N-ethyl adjacent to an activating group) is 1. The summed E-state index contributed by atoms with van der Waals surface area (Å²) in [4.78, 5) is 15.1. The van der Waals surface area contributed by atoms with Crippen molar-refractivity contribution in [3.05, 3.63) is 56.7 Å². The van der Waals surface area contributed by atoms with Crippen LogP contribution in [0.5, 0.6) is 0 Å². The maximum Gasteiger partial charge on any atom is 0.234 e. The van der Waals surface area contributed by atoms with Gasteiger partial charge in [0.05, 0.1) is 10.9 Å². The molecule has 1 N–H and O–H groups in total. The highest BCUT2D eigenvalue weighted by Crippen LogP contribution is 2.22. The van der Waals surface area contributed by atoms with E-state index in [1.807, 2.05) is 55.3 Å². The highest BCUT2D eigenvalue weighted by molar-refractivity contribution is 7.16. The Kier molecular flexibility index (Phi) is 5.79. The van der Waals surface area contributed by atoms with Crippen LogP contribution in [0.25, 0.3) is 0 Å². The normalized spacial score (nSPS) is 10.9. The largest absolute Gasteiger partial charge is 0.351 e. The van der Waals surface area contributed by atoms with Gasteiger partial charge >= 0.3 is 0 Å². The van der Waals surface area contributed by atoms with Crippen molar-refractivity contribution in [2.45, 2.75) is 20.0 Å². The third-order valence-electron chi connectivity index (χ3n) is 3.21. The Morgan fingerprint density at radius 3 is 2.71 bits per heavy atom. The summed E-state index contributed by atoms with van der Waals surface area (Å²) >= 11 is 7.45. The first-order valence-electron chi connectivity index (χ1n) is 6.78. The minimum absolute atomic E-state index is 0.0309. The van der Waals surface area contributed by atoms with Gasteiger partial charge in [-0.1, -0.05) is 35.9 Å². The number of amides is 1. The third kappa shape index (κ3) is 5.16. The van der Waals surface area contributed by atoms with Crippen molar-refractivity contribution in [1.82, 2.24) is 10.2 Å². The molecule has 1 aromatic carbocycles. The molecule has 0 fully saturated rings. The summed E-state index contributed by atoms with van der Waals surface area (Å²) in [5.41, 5.74) is 2.35. The molecule has 0 aliphatic rings. The fourth-order valence-electron chi connectivity index (χ4n) is 2.06. The van der Waals surface area contributed by atoms with E-state index in [1.165, 1.54) is 5.56 Å². The van der Waals surface area contributed by atoms with Crippen molar-refractivity contribution in [2.24, 2.45) is 0 Å². The van der Waals surface area contributed by atoms with Gasteiger partial charge in [-0.2, -0.15) is 0 Å². The first kappa shape index (κ1) is 16.0. The van der Waals surface area contributed by atoms with E-state index in [9.17, 15) is 4.79 Å².